The number of para-hydroxylation sites is 2. The molecule has 28 heavy (non-hydrogen) atoms. The lowest BCUT2D eigenvalue weighted by atomic mass is 10.2. The van der Waals surface area contributed by atoms with Crippen LogP contribution in [0.5, 0.6) is 0 Å². The van der Waals surface area contributed by atoms with Gasteiger partial charge >= 0.3 is 0 Å². The van der Waals surface area contributed by atoms with Crippen molar-refractivity contribution in [1.29, 1.82) is 0 Å². The van der Waals surface area contributed by atoms with Gasteiger partial charge in [-0.3, -0.25) is 9.59 Å². The Hall–Kier alpha value is -3.15. The van der Waals surface area contributed by atoms with Gasteiger partial charge in [-0.15, -0.1) is 0 Å². The third kappa shape index (κ3) is 4.22. The number of carbonyl (C=O) groups excluding carboxylic acids is 2. The van der Waals surface area contributed by atoms with Crippen LogP contribution in [0, 0.1) is 12.8 Å². The number of fused-ring (bicyclic) bond motifs is 1. The Labute approximate surface area is 164 Å². The van der Waals surface area contributed by atoms with Crippen LogP contribution < -0.4 is 10.6 Å². The van der Waals surface area contributed by atoms with Gasteiger partial charge in [0.05, 0.1) is 11.0 Å². The van der Waals surface area contributed by atoms with Gasteiger partial charge in [0, 0.05) is 24.6 Å². The average Bonchev–Trinajstić information content (AvgIpc) is 3.48. The number of hydrogen-bond donors (Lipinski definition) is 2. The Kier molecular flexibility index (Phi) is 5.10. The zero-order valence-corrected chi connectivity index (χ0v) is 15.9. The number of imidazole rings is 1. The summed E-state index contributed by atoms with van der Waals surface area (Å²) >= 11 is 0. The van der Waals surface area contributed by atoms with Crippen LogP contribution in [0.15, 0.2) is 48.5 Å². The molecule has 0 radical (unpaired) electrons. The number of aryl methyl sites for hydroxylation is 1. The van der Waals surface area contributed by atoms with Gasteiger partial charge in [0.15, 0.2) is 0 Å². The Bertz CT molecular complexity index is 1000. The maximum absolute atomic E-state index is 12.6. The van der Waals surface area contributed by atoms with Crippen molar-refractivity contribution in [2.45, 2.75) is 32.7 Å². The molecular formula is C22H24N4O2. The zero-order valence-electron chi connectivity index (χ0n) is 15.9. The normalized spacial score (nSPS) is 13.5. The minimum atomic E-state index is -0.102. The number of aromatic nitrogens is 2. The van der Waals surface area contributed by atoms with Crippen LogP contribution in [0.2, 0.25) is 0 Å². The zero-order chi connectivity index (χ0) is 19.5. The van der Waals surface area contributed by atoms with Gasteiger partial charge in [-0.1, -0.05) is 29.8 Å². The van der Waals surface area contributed by atoms with Crippen molar-refractivity contribution in [1.82, 2.24) is 14.9 Å². The number of anilines is 1. The molecule has 0 saturated heterocycles. The molecule has 0 aliphatic heterocycles. The largest absolute Gasteiger partial charge is 0.355 e. The smallest absolute Gasteiger partial charge is 0.244 e. The molecule has 2 N–H and O–H groups in total. The van der Waals surface area contributed by atoms with Crippen molar-refractivity contribution < 1.29 is 9.59 Å². The van der Waals surface area contributed by atoms with E-state index in [-0.39, 0.29) is 24.3 Å². The lowest BCUT2D eigenvalue weighted by Crippen LogP contribution is -2.28. The van der Waals surface area contributed by atoms with E-state index in [0.29, 0.717) is 13.0 Å². The maximum atomic E-state index is 12.6. The lowest BCUT2D eigenvalue weighted by molar-refractivity contribution is -0.122. The average molecular weight is 376 g/mol. The highest BCUT2D eigenvalue weighted by atomic mass is 16.2. The van der Waals surface area contributed by atoms with E-state index in [1.165, 1.54) is 0 Å². The van der Waals surface area contributed by atoms with Gasteiger partial charge in [-0.25, -0.2) is 4.98 Å². The van der Waals surface area contributed by atoms with Crippen molar-refractivity contribution >= 4 is 28.5 Å². The van der Waals surface area contributed by atoms with Crippen molar-refractivity contribution in [2.75, 3.05) is 11.9 Å². The van der Waals surface area contributed by atoms with Crippen molar-refractivity contribution in [3.05, 3.63) is 59.9 Å². The Balaban J connectivity index is 1.48. The Morgan fingerprint density at radius 1 is 1.11 bits per heavy atom. The van der Waals surface area contributed by atoms with E-state index in [2.05, 4.69) is 15.6 Å². The predicted molar refractivity (Wildman–Crippen MR) is 109 cm³/mol. The minimum absolute atomic E-state index is 0.102. The van der Waals surface area contributed by atoms with Crippen LogP contribution in [0.4, 0.5) is 5.69 Å². The van der Waals surface area contributed by atoms with E-state index in [4.69, 9.17) is 0 Å². The maximum Gasteiger partial charge on any atom is 0.244 e. The summed E-state index contributed by atoms with van der Waals surface area (Å²) < 4.78 is 1.93. The fraction of sp³-hybridized carbons (Fsp3) is 0.318. The molecule has 0 bridgehead atoms. The first kappa shape index (κ1) is 18.2. The number of hydrogen-bond acceptors (Lipinski definition) is 3. The summed E-state index contributed by atoms with van der Waals surface area (Å²) in [5, 5.41) is 5.91. The molecule has 1 aliphatic rings. The molecule has 1 fully saturated rings. The molecule has 6 nitrogen and oxygen atoms in total. The van der Waals surface area contributed by atoms with Crippen LogP contribution in [-0.4, -0.2) is 27.9 Å². The van der Waals surface area contributed by atoms with Gasteiger partial charge in [-0.2, -0.15) is 0 Å². The van der Waals surface area contributed by atoms with E-state index < -0.39 is 0 Å². The summed E-state index contributed by atoms with van der Waals surface area (Å²) in [5.74, 6) is 1.02. The highest BCUT2D eigenvalue weighted by Crippen LogP contribution is 2.28. The number of nitrogens with one attached hydrogen (secondary N) is 2. The van der Waals surface area contributed by atoms with Gasteiger partial charge < -0.3 is 15.2 Å². The first-order valence-corrected chi connectivity index (χ1v) is 9.68. The number of benzene rings is 2. The molecule has 1 aromatic heterocycles. The topological polar surface area (TPSA) is 76.0 Å². The first-order valence-electron chi connectivity index (χ1n) is 9.68. The minimum Gasteiger partial charge on any atom is -0.355 e. The summed E-state index contributed by atoms with van der Waals surface area (Å²) in [7, 11) is 0. The van der Waals surface area contributed by atoms with E-state index >= 15 is 0 Å². The van der Waals surface area contributed by atoms with E-state index in [9.17, 15) is 9.59 Å². The second kappa shape index (κ2) is 7.84. The third-order valence-electron chi connectivity index (χ3n) is 4.97. The van der Waals surface area contributed by atoms with Crippen LogP contribution in [-0.2, 0) is 22.6 Å². The fourth-order valence-corrected chi connectivity index (χ4v) is 3.26. The fourth-order valence-electron chi connectivity index (χ4n) is 3.26. The van der Waals surface area contributed by atoms with Crippen molar-refractivity contribution in [3.63, 3.8) is 0 Å². The van der Waals surface area contributed by atoms with Gasteiger partial charge in [0.2, 0.25) is 11.8 Å². The number of carbonyl (C=O) groups is 2. The number of rotatable bonds is 7. The summed E-state index contributed by atoms with van der Waals surface area (Å²) in [4.78, 5) is 29.1. The highest BCUT2D eigenvalue weighted by molar-refractivity contribution is 5.91. The highest BCUT2D eigenvalue weighted by Gasteiger charge is 2.29. The molecule has 2 amide bonds. The monoisotopic (exact) mass is 376 g/mol. The molecule has 6 heteroatoms. The molecule has 4 rings (SSSR count). The summed E-state index contributed by atoms with van der Waals surface area (Å²) in [5.41, 5.74) is 3.70. The molecule has 2 aromatic carbocycles. The number of amides is 2. The molecule has 1 aliphatic carbocycles. The van der Waals surface area contributed by atoms with Gasteiger partial charge in [0.1, 0.15) is 12.4 Å². The van der Waals surface area contributed by atoms with E-state index in [0.717, 1.165) is 41.0 Å². The van der Waals surface area contributed by atoms with Gasteiger partial charge in [0.25, 0.3) is 0 Å². The van der Waals surface area contributed by atoms with Gasteiger partial charge in [-0.05, 0) is 44.0 Å². The Morgan fingerprint density at radius 2 is 1.86 bits per heavy atom. The number of nitrogens with zero attached hydrogens (tertiary/aromatic N) is 2. The SMILES string of the molecule is Cc1ccc(NC(=O)Cn2c(CCNC(=O)C3CC3)nc3ccccc32)cc1. The van der Waals surface area contributed by atoms with E-state index in [1.807, 2.05) is 60.0 Å². The van der Waals surface area contributed by atoms with Crippen LogP contribution in [0.1, 0.15) is 24.2 Å². The van der Waals surface area contributed by atoms with Crippen molar-refractivity contribution in [3.8, 4) is 0 Å². The second-order valence-corrected chi connectivity index (χ2v) is 7.33. The third-order valence-corrected chi connectivity index (χ3v) is 4.97. The predicted octanol–water partition coefficient (Wildman–Crippen LogP) is 3.05. The van der Waals surface area contributed by atoms with E-state index in [1.54, 1.807) is 0 Å². The molecule has 0 unspecified atom stereocenters. The summed E-state index contributed by atoms with van der Waals surface area (Å²) in [6, 6.07) is 15.5. The molecular weight excluding hydrogens is 352 g/mol. The molecule has 144 valence electrons. The van der Waals surface area contributed by atoms with Crippen LogP contribution in [0.3, 0.4) is 0 Å². The molecule has 1 saturated carbocycles. The first-order chi connectivity index (χ1) is 13.6. The lowest BCUT2D eigenvalue weighted by Gasteiger charge is -2.11. The van der Waals surface area contributed by atoms with Crippen LogP contribution >= 0.6 is 0 Å². The second-order valence-electron chi connectivity index (χ2n) is 7.33. The molecule has 1 heterocycles. The summed E-state index contributed by atoms with van der Waals surface area (Å²) in [6.07, 6.45) is 2.57. The van der Waals surface area contributed by atoms with Crippen LogP contribution in [0.25, 0.3) is 11.0 Å². The molecule has 0 atom stereocenters. The molecule has 3 aromatic rings. The molecule has 0 spiro atoms. The summed E-state index contributed by atoms with van der Waals surface area (Å²) in [6.45, 7) is 2.72. The quantitative estimate of drug-likeness (QED) is 0.665. The Morgan fingerprint density at radius 3 is 2.61 bits per heavy atom. The van der Waals surface area contributed by atoms with Crippen molar-refractivity contribution in [2.24, 2.45) is 5.92 Å². The standard InChI is InChI=1S/C22H24N4O2/c1-15-6-10-17(11-7-15)24-21(27)14-26-19-5-3-2-4-18(19)25-20(26)12-13-23-22(28)16-8-9-16/h2-7,10-11,16H,8-9,12-14H2,1H3,(H,23,28)(H,24,27).